The Hall–Kier alpha value is -4.84. The van der Waals surface area contributed by atoms with Crippen molar-refractivity contribution < 1.29 is 14.3 Å². The van der Waals surface area contributed by atoms with Gasteiger partial charge in [0.05, 0.1) is 18.8 Å². The molecule has 1 aliphatic heterocycles. The van der Waals surface area contributed by atoms with E-state index >= 15 is 0 Å². The molecule has 188 valence electrons. The van der Waals surface area contributed by atoms with Crippen LogP contribution in [0, 0.1) is 0 Å². The van der Waals surface area contributed by atoms with Crippen LogP contribution in [0.1, 0.15) is 33.1 Å². The predicted molar refractivity (Wildman–Crippen MR) is 148 cm³/mol. The van der Waals surface area contributed by atoms with Gasteiger partial charge in [0.15, 0.2) is 0 Å². The Morgan fingerprint density at radius 2 is 1.68 bits per heavy atom. The van der Waals surface area contributed by atoms with E-state index in [9.17, 15) is 9.59 Å². The largest absolute Gasteiger partial charge is 0.497 e. The van der Waals surface area contributed by atoms with Gasteiger partial charge in [-0.3, -0.25) is 9.59 Å². The number of hydrogen-bond donors (Lipinski definition) is 2. The molecule has 0 unspecified atom stereocenters. The average Bonchev–Trinajstić information content (AvgIpc) is 3.47. The summed E-state index contributed by atoms with van der Waals surface area (Å²) in [5.74, 6) is 0.386. The number of aromatic amines is 1. The molecule has 0 saturated carbocycles. The van der Waals surface area contributed by atoms with E-state index in [4.69, 9.17) is 4.74 Å². The Labute approximate surface area is 220 Å². The number of carbonyl (C=O) groups excluding carboxylic acids is 2. The Morgan fingerprint density at radius 3 is 2.53 bits per heavy atom. The molecule has 1 atom stereocenters. The number of rotatable bonds is 7. The van der Waals surface area contributed by atoms with Crippen LogP contribution < -0.4 is 10.1 Å². The fraction of sp³-hybridized carbons (Fsp3) is 0.125. The topological polar surface area (TPSA) is 74.4 Å². The van der Waals surface area contributed by atoms with Crippen molar-refractivity contribution in [3.8, 4) is 17.0 Å². The maximum atomic E-state index is 13.7. The minimum absolute atomic E-state index is 0.0535. The van der Waals surface area contributed by atoms with Crippen molar-refractivity contribution in [2.24, 2.45) is 0 Å². The molecule has 1 aromatic heterocycles. The van der Waals surface area contributed by atoms with Crippen LogP contribution in [0.2, 0.25) is 0 Å². The third kappa shape index (κ3) is 4.20. The molecule has 1 aliphatic rings. The zero-order valence-electron chi connectivity index (χ0n) is 21.0. The van der Waals surface area contributed by atoms with Crippen LogP contribution in [0.5, 0.6) is 5.75 Å². The standard InChI is InChI=1S/C32H27N3O3/c1-38-23-13-9-12-22(18-23)30-29(26-16-7-8-17-27(26)34-30)31-24-14-5-6-15-25(24)32(37)35(31)20-28(36)33-19-21-10-3-2-4-11-21/h2-18,31,34H,19-20H2,1H3,(H,33,36)/t31-/m1/s1. The molecule has 2 heterocycles. The molecule has 2 amide bonds. The second-order valence-electron chi connectivity index (χ2n) is 9.38. The number of carbonyl (C=O) groups is 2. The van der Waals surface area contributed by atoms with Crippen LogP contribution in [-0.2, 0) is 11.3 Å². The first-order valence-electron chi connectivity index (χ1n) is 12.6. The zero-order valence-corrected chi connectivity index (χ0v) is 21.0. The van der Waals surface area contributed by atoms with E-state index < -0.39 is 6.04 Å². The lowest BCUT2D eigenvalue weighted by atomic mass is 9.93. The number of para-hydroxylation sites is 1. The highest BCUT2D eigenvalue weighted by atomic mass is 16.5. The number of benzene rings is 4. The first-order chi connectivity index (χ1) is 18.6. The van der Waals surface area contributed by atoms with Crippen molar-refractivity contribution in [1.82, 2.24) is 15.2 Å². The third-order valence-corrected chi connectivity index (χ3v) is 7.08. The van der Waals surface area contributed by atoms with Crippen LogP contribution in [-0.4, -0.2) is 35.4 Å². The van der Waals surface area contributed by atoms with Gasteiger partial charge in [-0.15, -0.1) is 0 Å². The van der Waals surface area contributed by atoms with E-state index in [2.05, 4.69) is 16.4 Å². The lowest BCUT2D eigenvalue weighted by Crippen LogP contribution is -2.39. The molecule has 5 aromatic rings. The van der Waals surface area contributed by atoms with Crippen LogP contribution in [0.15, 0.2) is 103 Å². The van der Waals surface area contributed by atoms with Gasteiger partial charge in [0.1, 0.15) is 12.3 Å². The molecular weight excluding hydrogens is 474 g/mol. The molecule has 0 bridgehead atoms. The van der Waals surface area contributed by atoms with Crippen molar-refractivity contribution in [3.63, 3.8) is 0 Å². The van der Waals surface area contributed by atoms with Gasteiger partial charge in [0.2, 0.25) is 5.91 Å². The summed E-state index contributed by atoms with van der Waals surface area (Å²) in [6, 6.07) is 32.9. The van der Waals surface area contributed by atoms with Crippen LogP contribution in [0.4, 0.5) is 0 Å². The van der Waals surface area contributed by atoms with Gasteiger partial charge in [-0.2, -0.15) is 0 Å². The number of nitrogens with one attached hydrogen (secondary N) is 2. The molecule has 6 nitrogen and oxygen atoms in total. The quantitative estimate of drug-likeness (QED) is 0.300. The first kappa shape index (κ1) is 23.6. The highest BCUT2D eigenvalue weighted by molar-refractivity contribution is 6.03. The van der Waals surface area contributed by atoms with Crippen molar-refractivity contribution in [2.45, 2.75) is 12.6 Å². The average molecular weight is 502 g/mol. The number of nitrogens with zero attached hydrogens (tertiary/aromatic N) is 1. The first-order valence-corrected chi connectivity index (χ1v) is 12.6. The van der Waals surface area contributed by atoms with Crippen molar-refractivity contribution >= 4 is 22.7 Å². The second kappa shape index (κ2) is 9.90. The molecule has 6 heteroatoms. The summed E-state index contributed by atoms with van der Waals surface area (Å²) in [6.45, 7) is 0.351. The Morgan fingerprint density at radius 1 is 0.921 bits per heavy atom. The van der Waals surface area contributed by atoms with E-state index in [1.165, 1.54) is 0 Å². The van der Waals surface area contributed by atoms with Gasteiger partial charge in [-0.25, -0.2) is 0 Å². The summed E-state index contributed by atoms with van der Waals surface area (Å²) in [6.07, 6.45) is 0. The molecule has 0 saturated heterocycles. The van der Waals surface area contributed by atoms with E-state index in [1.54, 1.807) is 12.0 Å². The molecule has 2 N–H and O–H groups in total. The van der Waals surface area contributed by atoms with E-state index in [1.807, 2.05) is 97.1 Å². The van der Waals surface area contributed by atoms with E-state index in [-0.39, 0.29) is 18.4 Å². The number of ether oxygens (including phenoxy) is 1. The zero-order chi connectivity index (χ0) is 26.1. The van der Waals surface area contributed by atoms with Gasteiger partial charge in [-0.1, -0.05) is 78.9 Å². The Bertz CT molecular complexity index is 1640. The van der Waals surface area contributed by atoms with Gasteiger partial charge < -0.3 is 19.9 Å². The van der Waals surface area contributed by atoms with Gasteiger partial charge in [0.25, 0.3) is 5.91 Å². The summed E-state index contributed by atoms with van der Waals surface area (Å²) in [4.78, 5) is 32.1. The molecule has 0 fully saturated rings. The van der Waals surface area contributed by atoms with Gasteiger partial charge >= 0.3 is 0 Å². The van der Waals surface area contributed by atoms with Crippen molar-refractivity contribution in [2.75, 3.05) is 13.7 Å². The minimum atomic E-state index is -0.432. The summed E-state index contributed by atoms with van der Waals surface area (Å²) >= 11 is 0. The predicted octanol–water partition coefficient (Wildman–Crippen LogP) is 5.71. The summed E-state index contributed by atoms with van der Waals surface area (Å²) < 4.78 is 5.49. The normalized spacial score (nSPS) is 14.5. The monoisotopic (exact) mass is 501 g/mol. The molecule has 6 rings (SSSR count). The van der Waals surface area contributed by atoms with Crippen molar-refractivity contribution in [1.29, 1.82) is 0 Å². The third-order valence-electron chi connectivity index (χ3n) is 7.08. The SMILES string of the molecule is COc1cccc(-c2[nH]c3ccccc3c2[C@H]2c3ccccc3C(=O)N2CC(=O)NCc2ccccc2)c1. The number of aromatic nitrogens is 1. The molecule has 0 radical (unpaired) electrons. The lowest BCUT2D eigenvalue weighted by molar-refractivity contribution is -0.122. The van der Waals surface area contributed by atoms with Crippen molar-refractivity contribution in [3.05, 3.63) is 125 Å². The summed E-state index contributed by atoms with van der Waals surface area (Å²) in [5.41, 5.74) is 6.28. The van der Waals surface area contributed by atoms with Gasteiger partial charge in [0, 0.05) is 34.1 Å². The maximum absolute atomic E-state index is 13.7. The second-order valence-corrected chi connectivity index (χ2v) is 9.38. The molecular formula is C32H27N3O3. The number of fused-ring (bicyclic) bond motifs is 2. The van der Waals surface area contributed by atoms with E-state index in [0.717, 1.165) is 44.6 Å². The molecule has 0 aliphatic carbocycles. The highest BCUT2D eigenvalue weighted by Gasteiger charge is 2.41. The van der Waals surface area contributed by atoms with Crippen LogP contribution in [0.3, 0.4) is 0 Å². The Balaban J connectivity index is 1.44. The highest BCUT2D eigenvalue weighted by Crippen LogP contribution is 2.45. The summed E-state index contributed by atoms with van der Waals surface area (Å²) in [7, 11) is 1.65. The summed E-state index contributed by atoms with van der Waals surface area (Å²) in [5, 5.41) is 3.99. The maximum Gasteiger partial charge on any atom is 0.255 e. The fourth-order valence-electron chi connectivity index (χ4n) is 5.31. The number of hydrogen-bond acceptors (Lipinski definition) is 3. The van der Waals surface area contributed by atoms with Crippen LogP contribution in [0.25, 0.3) is 22.2 Å². The smallest absolute Gasteiger partial charge is 0.255 e. The lowest BCUT2D eigenvalue weighted by Gasteiger charge is -2.26. The molecule has 38 heavy (non-hydrogen) atoms. The van der Waals surface area contributed by atoms with Gasteiger partial charge in [-0.05, 0) is 35.4 Å². The Kier molecular flexibility index (Phi) is 6.14. The number of methoxy groups -OCH3 is 1. The van der Waals surface area contributed by atoms with Crippen LogP contribution >= 0.6 is 0 Å². The molecule has 4 aromatic carbocycles. The number of H-pyrrole nitrogens is 1. The minimum Gasteiger partial charge on any atom is -0.497 e. The fourth-order valence-corrected chi connectivity index (χ4v) is 5.31. The molecule has 0 spiro atoms. The van der Waals surface area contributed by atoms with E-state index in [0.29, 0.717) is 12.1 Å². The number of amides is 2.